The molecule has 2 rings (SSSR count). The zero-order valence-electron chi connectivity index (χ0n) is 9.27. The van der Waals surface area contributed by atoms with Crippen LogP contribution in [0.4, 0.5) is 0 Å². The van der Waals surface area contributed by atoms with E-state index in [4.69, 9.17) is 5.73 Å². The van der Waals surface area contributed by atoms with Gasteiger partial charge in [0.25, 0.3) is 0 Å². The van der Waals surface area contributed by atoms with Crippen molar-refractivity contribution in [2.24, 2.45) is 5.73 Å². The number of rotatable bonds is 3. The Balaban J connectivity index is 2.43. The van der Waals surface area contributed by atoms with Gasteiger partial charge in [-0.15, -0.1) is 0 Å². The Labute approximate surface area is 89.9 Å². The first-order valence-corrected chi connectivity index (χ1v) is 5.40. The van der Waals surface area contributed by atoms with E-state index in [1.807, 2.05) is 25.3 Å². The summed E-state index contributed by atoms with van der Waals surface area (Å²) in [4.78, 5) is 4.56. The van der Waals surface area contributed by atoms with Gasteiger partial charge in [-0.05, 0) is 25.5 Å². The standard InChI is InChI=1S/C12H17N3/c1-3-10(13)8-11-12-6-4-5-7-15(12)9(2)14-11/h4-7,10H,3,8,13H2,1-2H3. The lowest BCUT2D eigenvalue weighted by Crippen LogP contribution is -2.21. The Bertz CT molecular complexity index is 459. The summed E-state index contributed by atoms with van der Waals surface area (Å²) >= 11 is 0. The van der Waals surface area contributed by atoms with Gasteiger partial charge in [-0.1, -0.05) is 13.0 Å². The molecule has 0 bridgehead atoms. The molecule has 3 nitrogen and oxygen atoms in total. The van der Waals surface area contributed by atoms with Crippen LogP contribution in [-0.4, -0.2) is 15.4 Å². The van der Waals surface area contributed by atoms with Crippen LogP contribution in [-0.2, 0) is 6.42 Å². The maximum atomic E-state index is 5.96. The average molecular weight is 203 g/mol. The first kappa shape index (κ1) is 10.2. The van der Waals surface area contributed by atoms with Crippen molar-refractivity contribution < 1.29 is 0 Å². The number of aryl methyl sites for hydroxylation is 1. The molecule has 15 heavy (non-hydrogen) atoms. The lowest BCUT2D eigenvalue weighted by Gasteiger charge is -2.05. The number of nitrogens with two attached hydrogens (primary N) is 1. The highest BCUT2D eigenvalue weighted by molar-refractivity contribution is 5.53. The van der Waals surface area contributed by atoms with Gasteiger partial charge in [0.15, 0.2) is 0 Å². The summed E-state index contributed by atoms with van der Waals surface area (Å²) in [5.74, 6) is 1.03. The normalized spacial score (nSPS) is 13.3. The third-order valence-electron chi connectivity index (χ3n) is 2.78. The van der Waals surface area contributed by atoms with E-state index in [1.165, 1.54) is 5.52 Å². The second-order valence-electron chi connectivity index (χ2n) is 3.93. The molecule has 0 fully saturated rings. The van der Waals surface area contributed by atoms with Crippen LogP contribution in [0, 0.1) is 6.92 Å². The maximum Gasteiger partial charge on any atom is 0.110 e. The molecule has 2 aromatic heterocycles. The molecule has 0 aliphatic carbocycles. The van der Waals surface area contributed by atoms with E-state index in [0.29, 0.717) is 0 Å². The minimum Gasteiger partial charge on any atom is -0.327 e. The number of fused-ring (bicyclic) bond motifs is 1. The van der Waals surface area contributed by atoms with Crippen molar-refractivity contribution >= 4 is 5.52 Å². The number of pyridine rings is 1. The number of imidazole rings is 1. The molecule has 2 N–H and O–H groups in total. The van der Waals surface area contributed by atoms with Gasteiger partial charge >= 0.3 is 0 Å². The molecule has 0 aromatic carbocycles. The maximum absolute atomic E-state index is 5.96. The summed E-state index contributed by atoms with van der Waals surface area (Å²) in [6, 6.07) is 6.36. The van der Waals surface area contributed by atoms with Crippen molar-refractivity contribution in [3.05, 3.63) is 35.9 Å². The molecule has 0 saturated heterocycles. The Hall–Kier alpha value is -1.35. The third-order valence-corrected chi connectivity index (χ3v) is 2.78. The van der Waals surface area contributed by atoms with Gasteiger partial charge in [0.2, 0.25) is 0 Å². The molecular weight excluding hydrogens is 186 g/mol. The van der Waals surface area contributed by atoms with Crippen LogP contribution in [0.1, 0.15) is 24.9 Å². The van der Waals surface area contributed by atoms with Crippen molar-refractivity contribution in [2.45, 2.75) is 32.7 Å². The highest BCUT2D eigenvalue weighted by Gasteiger charge is 2.10. The van der Waals surface area contributed by atoms with E-state index < -0.39 is 0 Å². The van der Waals surface area contributed by atoms with E-state index in [2.05, 4.69) is 22.4 Å². The SMILES string of the molecule is CCC(N)Cc1nc(C)n2ccccc12. The average Bonchev–Trinajstić information content (AvgIpc) is 2.57. The van der Waals surface area contributed by atoms with Gasteiger partial charge in [-0.2, -0.15) is 0 Å². The van der Waals surface area contributed by atoms with E-state index in [0.717, 1.165) is 24.4 Å². The Morgan fingerprint density at radius 3 is 3.00 bits per heavy atom. The number of hydrogen-bond acceptors (Lipinski definition) is 2. The monoisotopic (exact) mass is 203 g/mol. The minimum absolute atomic E-state index is 0.211. The van der Waals surface area contributed by atoms with Crippen molar-refractivity contribution in [1.82, 2.24) is 9.38 Å². The molecule has 0 aliphatic rings. The van der Waals surface area contributed by atoms with E-state index in [-0.39, 0.29) is 6.04 Å². The highest BCUT2D eigenvalue weighted by atomic mass is 15.0. The summed E-state index contributed by atoms with van der Waals surface area (Å²) in [7, 11) is 0. The molecular formula is C12H17N3. The van der Waals surface area contributed by atoms with Gasteiger partial charge in [-0.3, -0.25) is 0 Å². The molecule has 80 valence electrons. The molecule has 0 saturated carbocycles. The molecule has 0 radical (unpaired) electrons. The fourth-order valence-corrected chi connectivity index (χ4v) is 1.81. The Morgan fingerprint density at radius 1 is 1.47 bits per heavy atom. The molecule has 2 heterocycles. The third kappa shape index (κ3) is 1.88. The molecule has 0 amide bonds. The molecule has 3 heteroatoms. The Morgan fingerprint density at radius 2 is 2.27 bits per heavy atom. The number of hydrogen-bond donors (Lipinski definition) is 1. The summed E-state index contributed by atoms with van der Waals surface area (Å²) in [5, 5.41) is 0. The van der Waals surface area contributed by atoms with Crippen molar-refractivity contribution in [3.8, 4) is 0 Å². The van der Waals surface area contributed by atoms with Crippen molar-refractivity contribution in [1.29, 1.82) is 0 Å². The number of aromatic nitrogens is 2. The van der Waals surface area contributed by atoms with Crippen LogP contribution >= 0.6 is 0 Å². The largest absolute Gasteiger partial charge is 0.327 e. The lowest BCUT2D eigenvalue weighted by atomic mass is 10.1. The van der Waals surface area contributed by atoms with Crippen LogP contribution in [0.5, 0.6) is 0 Å². The van der Waals surface area contributed by atoms with Gasteiger partial charge in [0, 0.05) is 18.7 Å². The van der Waals surface area contributed by atoms with Gasteiger partial charge in [0.05, 0.1) is 11.2 Å². The summed E-state index contributed by atoms with van der Waals surface area (Å²) in [6.07, 6.45) is 3.89. The van der Waals surface area contributed by atoms with Gasteiger partial charge in [-0.25, -0.2) is 4.98 Å². The summed E-state index contributed by atoms with van der Waals surface area (Å²) < 4.78 is 2.11. The van der Waals surface area contributed by atoms with Gasteiger partial charge in [0.1, 0.15) is 5.82 Å². The van der Waals surface area contributed by atoms with E-state index in [9.17, 15) is 0 Å². The second-order valence-corrected chi connectivity index (χ2v) is 3.93. The fraction of sp³-hybridized carbons (Fsp3) is 0.417. The molecule has 0 spiro atoms. The second kappa shape index (κ2) is 4.03. The van der Waals surface area contributed by atoms with Crippen LogP contribution < -0.4 is 5.73 Å². The fourth-order valence-electron chi connectivity index (χ4n) is 1.81. The van der Waals surface area contributed by atoms with Crippen LogP contribution in [0.15, 0.2) is 24.4 Å². The van der Waals surface area contributed by atoms with Crippen LogP contribution in [0.25, 0.3) is 5.52 Å². The first-order chi connectivity index (χ1) is 7.22. The van der Waals surface area contributed by atoms with Crippen molar-refractivity contribution in [2.75, 3.05) is 0 Å². The summed E-state index contributed by atoms with van der Waals surface area (Å²) in [5.41, 5.74) is 8.25. The molecule has 1 unspecified atom stereocenters. The predicted octanol–water partition coefficient (Wildman–Crippen LogP) is 1.92. The smallest absolute Gasteiger partial charge is 0.110 e. The van der Waals surface area contributed by atoms with Crippen LogP contribution in [0.3, 0.4) is 0 Å². The zero-order chi connectivity index (χ0) is 10.8. The predicted molar refractivity (Wildman–Crippen MR) is 61.9 cm³/mol. The van der Waals surface area contributed by atoms with E-state index in [1.54, 1.807) is 0 Å². The zero-order valence-corrected chi connectivity index (χ0v) is 9.27. The van der Waals surface area contributed by atoms with Crippen LogP contribution in [0.2, 0.25) is 0 Å². The minimum atomic E-state index is 0.211. The van der Waals surface area contributed by atoms with E-state index >= 15 is 0 Å². The molecule has 1 atom stereocenters. The Kier molecular flexibility index (Phi) is 2.73. The van der Waals surface area contributed by atoms with Crippen molar-refractivity contribution in [3.63, 3.8) is 0 Å². The highest BCUT2D eigenvalue weighted by Crippen LogP contribution is 2.14. The van der Waals surface area contributed by atoms with Gasteiger partial charge < -0.3 is 10.1 Å². The topological polar surface area (TPSA) is 43.3 Å². The molecule has 2 aromatic rings. The first-order valence-electron chi connectivity index (χ1n) is 5.40. The summed E-state index contributed by atoms with van der Waals surface area (Å²) in [6.45, 7) is 4.13. The number of nitrogens with zero attached hydrogens (tertiary/aromatic N) is 2. The lowest BCUT2D eigenvalue weighted by molar-refractivity contribution is 0.640. The molecule has 0 aliphatic heterocycles. The quantitative estimate of drug-likeness (QED) is 0.828.